The predicted molar refractivity (Wildman–Crippen MR) is 161 cm³/mol. The Kier molecular flexibility index (Phi) is 12.3. The molecule has 0 aliphatic heterocycles. The molecule has 0 aliphatic rings. The molecule has 0 amide bonds. The summed E-state index contributed by atoms with van der Waals surface area (Å²) < 4.78 is 77.1. The zero-order chi connectivity index (χ0) is 32.3. The molecule has 0 spiro atoms. The van der Waals surface area contributed by atoms with Crippen molar-refractivity contribution in [2.45, 2.75) is 36.7 Å². The highest BCUT2D eigenvalue weighted by Crippen LogP contribution is 2.26. The number of hydrogen-bond acceptors (Lipinski definition) is 10. The molecule has 0 heterocycles. The Labute approximate surface area is 258 Å². The third-order valence-electron chi connectivity index (χ3n) is 6.43. The summed E-state index contributed by atoms with van der Waals surface area (Å²) in [6.45, 7) is 1.56. The van der Waals surface area contributed by atoms with E-state index in [9.17, 15) is 26.4 Å². The smallest absolute Gasteiger partial charge is 0.321 e. The first kappa shape index (κ1) is 34.5. The van der Waals surface area contributed by atoms with Crippen LogP contribution in [-0.4, -0.2) is 77.9 Å². The van der Waals surface area contributed by atoms with Crippen LogP contribution in [0.25, 0.3) is 0 Å². The summed E-state index contributed by atoms with van der Waals surface area (Å²) >= 11 is 0. The Morgan fingerprint density at radius 1 is 0.591 bits per heavy atom. The summed E-state index contributed by atoms with van der Waals surface area (Å²) in [7, 11) is -5.55. The molecule has 0 aromatic heterocycles. The Bertz CT molecular complexity index is 1500. The van der Waals surface area contributed by atoms with Crippen LogP contribution in [0.15, 0.2) is 82.6 Å². The molecule has 3 rings (SSSR count). The summed E-state index contributed by atoms with van der Waals surface area (Å²) in [6.07, 6.45) is 0. The fourth-order valence-electron chi connectivity index (χ4n) is 4.19. The third-order valence-corrected chi connectivity index (χ3v) is 10.0. The monoisotopic (exact) mass is 648 g/mol. The van der Waals surface area contributed by atoms with E-state index in [2.05, 4.69) is 0 Å². The normalized spacial score (nSPS) is 11.8. The second-order valence-corrected chi connectivity index (χ2v) is 13.2. The van der Waals surface area contributed by atoms with Crippen molar-refractivity contribution in [1.29, 1.82) is 0 Å². The van der Waals surface area contributed by atoms with Crippen LogP contribution in [-0.2, 0) is 52.2 Å². The second-order valence-electron chi connectivity index (χ2n) is 9.28. The summed E-state index contributed by atoms with van der Waals surface area (Å²) in [6, 6.07) is 18.0. The average molecular weight is 649 g/mol. The summed E-state index contributed by atoms with van der Waals surface area (Å²) in [5, 5.41) is 0. The Morgan fingerprint density at radius 2 is 0.932 bits per heavy atom. The first-order chi connectivity index (χ1) is 21.0. The minimum Gasteiger partial charge on any atom is -0.497 e. The first-order valence-electron chi connectivity index (χ1n) is 13.6. The number of carbonyl (C=O) groups is 2. The van der Waals surface area contributed by atoms with Gasteiger partial charge in [0.15, 0.2) is 0 Å². The molecule has 0 bridgehead atoms. The van der Waals surface area contributed by atoms with Gasteiger partial charge in [-0.2, -0.15) is 8.61 Å². The van der Waals surface area contributed by atoms with Crippen LogP contribution in [0.2, 0.25) is 0 Å². The second kappa shape index (κ2) is 15.7. The van der Waals surface area contributed by atoms with Crippen LogP contribution in [0.5, 0.6) is 11.5 Å². The van der Waals surface area contributed by atoms with E-state index in [1.54, 1.807) is 38.1 Å². The van der Waals surface area contributed by atoms with E-state index >= 15 is 0 Å². The van der Waals surface area contributed by atoms with Gasteiger partial charge in [-0.3, -0.25) is 9.59 Å². The van der Waals surface area contributed by atoms with Gasteiger partial charge in [-0.05, 0) is 73.5 Å². The largest absolute Gasteiger partial charge is 0.497 e. The number of methoxy groups -OCH3 is 2. The molecule has 44 heavy (non-hydrogen) atoms. The lowest BCUT2D eigenvalue weighted by molar-refractivity contribution is -0.144. The van der Waals surface area contributed by atoms with Crippen molar-refractivity contribution in [3.05, 3.63) is 83.9 Å². The molecule has 0 aliphatic carbocycles. The number of carbonyl (C=O) groups excluding carboxylic acids is 2. The SMILES string of the molecule is CCOC(=O)CN(Cc1ccccc1CN(CC(=O)OCC)S(=O)(=O)c1ccc(OC)cc1)S(=O)(=O)c1ccc(OC)cc1. The first-order valence-corrected chi connectivity index (χ1v) is 16.5. The number of esters is 2. The van der Waals surface area contributed by atoms with Crippen molar-refractivity contribution in [3.63, 3.8) is 0 Å². The van der Waals surface area contributed by atoms with Crippen molar-refractivity contribution < 1.29 is 45.4 Å². The van der Waals surface area contributed by atoms with Gasteiger partial charge < -0.3 is 18.9 Å². The molecule has 12 nitrogen and oxygen atoms in total. The number of benzene rings is 3. The van der Waals surface area contributed by atoms with E-state index in [0.717, 1.165) is 8.61 Å². The van der Waals surface area contributed by atoms with Crippen LogP contribution < -0.4 is 9.47 Å². The van der Waals surface area contributed by atoms with Crippen LogP contribution in [0.3, 0.4) is 0 Å². The van der Waals surface area contributed by atoms with Crippen molar-refractivity contribution in [2.75, 3.05) is 40.5 Å². The molecule has 0 radical (unpaired) electrons. The van der Waals surface area contributed by atoms with E-state index in [4.69, 9.17) is 18.9 Å². The topological polar surface area (TPSA) is 146 Å². The van der Waals surface area contributed by atoms with Crippen molar-refractivity contribution in [1.82, 2.24) is 8.61 Å². The minimum atomic E-state index is -4.23. The van der Waals surface area contributed by atoms with Gasteiger partial charge in [0.05, 0.1) is 37.2 Å². The maximum Gasteiger partial charge on any atom is 0.321 e. The Hall–Kier alpha value is -3.98. The zero-order valence-electron chi connectivity index (χ0n) is 25.0. The average Bonchev–Trinajstić information content (AvgIpc) is 3.01. The van der Waals surface area contributed by atoms with Gasteiger partial charge in [0.25, 0.3) is 0 Å². The highest BCUT2D eigenvalue weighted by atomic mass is 32.2. The van der Waals surface area contributed by atoms with E-state index in [1.807, 2.05) is 0 Å². The summed E-state index contributed by atoms with van der Waals surface area (Å²) in [4.78, 5) is 24.9. The Morgan fingerprint density at radius 3 is 1.23 bits per heavy atom. The lowest BCUT2D eigenvalue weighted by atomic mass is 10.1. The number of hydrogen-bond donors (Lipinski definition) is 0. The molecule has 0 saturated heterocycles. The molecule has 14 heteroatoms. The van der Waals surface area contributed by atoms with Gasteiger partial charge in [-0.25, -0.2) is 16.8 Å². The van der Waals surface area contributed by atoms with Gasteiger partial charge in [-0.1, -0.05) is 24.3 Å². The Balaban J connectivity index is 2.02. The quantitative estimate of drug-likeness (QED) is 0.212. The fourth-order valence-corrected chi connectivity index (χ4v) is 6.92. The van der Waals surface area contributed by atoms with Gasteiger partial charge in [0.2, 0.25) is 20.0 Å². The van der Waals surface area contributed by atoms with Crippen molar-refractivity contribution >= 4 is 32.0 Å². The van der Waals surface area contributed by atoms with Gasteiger partial charge in [0, 0.05) is 13.1 Å². The minimum absolute atomic E-state index is 0.0535. The highest BCUT2D eigenvalue weighted by Gasteiger charge is 2.31. The molecule has 3 aromatic rings. The maximum absolute atomic E-state index is 13.7. The number of ether oxygens (including phenoxy) is 4. The molecule has 3 aromatic carbocycles. The molecule has 0 fully saturated rings. The number of rotatable bonds is 16. The molecule has 0 unspecified atom stereocenters. The lowest BCUT2D eigenvalue weighted by Crippen LogP contribution is -2.38. The summed E-state index contributed by atoms with van der Waals surface area (Å²) in [5.41, 5.74) is 0.820. The highest BCUT2D eigenvalue weighted by molar-refractivity contribution is 7.89. The lowest BCUT2D eigenvalue weighted by Gasteiger charge is -2.25. The van der Waals surface area contributed by atoms with E-state index < -0.39 is 45.1 Å². The van der Waals surface area contributed by atoms with Crippen molar-refractivity contribution in [2.24, 2.45) is 0 Å². The number of sulfonamides is 2. The molecule has 238 valence electrons. The molecular weight excluding hydrogens is 612 g/mol. The molecule has 0 N–H and O–H groups in total. The van der Waals surface area contributed by atoms with Crippen LogP contribution in [0.4, 0.5) is 0 Å². The van der Waals surface area contributed by atoms with Crippen LogP contribution in [0, 0.1) is 0 Å². The zero-order valence-corrected chi connectivity index (χ0v) is 26.6. The molecule has 0 atom stereocenters. The van der Waals surface area contributed by atoms with Gasteiger partial charge in [0.1, 0.15) is 24.6 Å². The van der Waals surface area contributed by atoms with E-state index in [1.165, 1.54) is 62.8 Å². The van der Waals surface area contributed by atoms with Crippen LogP contribution >= 0.6 is 0 Å². The molecular formula is C30H36N2O10S2. The van der Waals surface area contributed by atoms with E-state index in [0.29, 0.717) is 22.6 Å². The van der Waals surface area contributed by atoms with Crippen molar-refractivity contribution in [3.8, 4) is 11.5 Å². The molecule has 0 saturated carbocycles. The fraction of sp³-hybridized carbons (Fsp3) is 0.333. The predicted octanol–water partition coefficient (Wildman–Crippen LogP) is 3.21. The van der Waals surface area contributed by atoms with E-state index in [-0.39, 0.29) is 36.1 Å². The summed E-state index contributed by atoms with van der Waals surface area (Å²) in [5.74, 6) is -0.613. The van der Waals surface area contributed by atoms with Gasteiger partial charge in [-0.15, -0.1) is 0 Å². The van der Waals surface area contributed by atoms with Crippen LogP contribution in [0.1, 0.15) is 25.0 Å². The third kappa shape index (κ3) is 8.78. The number of nitrogens with zero attached hydrogens (tertiary/aromatic N) is 2. The maximum atomic E-state index is 13.7. The van der Waals surface area contributed by atoms with Gasteiger partial charge >= 0.3 is 11.9 Å². The standard InChI is InChI=1S/C30H36N2O10S2/c1-5-41-29(33)21-31(43(35,36)27-15-11-25(39-3)12-16-27)19-23-9-7-8-10-24(23)20-32(22-30(34)42-6-2)44(37,38)28-17-13-26(40-4)14-18-28/h7-18H,5-6,19-22H2,1-4H3.